The van der Waals surface area contributed by atoms with Crippen LogP contribution in [0.25, 0.3) is 0 Å². The molecule has 2 N–H and O–H groups in total. The lowest BCUT2D eigenvalue weighted by Gasteiger charge is -1.99. The van der Waals surface area contributed by atoms with Crippen LogP contribution in [0.2, 0.25) is 0 Å². The number of aromatic amines is 1. The van der Waals surface area contributed by atoms with Crippen molar-refractivity contribution in [3.63, 3.8) is 0 Å². The summed E-state index contributed by atoms with van der Waals surface area (Å²) < 4.78 is 5.13. The lowest BCUT2D eigenvalue weighted by Crippen LogP contribution is -2.06. The van der Waals surface area contributed by atoms with Gasteiger partial charge in [-0.15, -0.1) is 0 Å². The second-order valence-corrected chi connectivity index (χ2v) is 2.36. The van der Waals surface area contributed by atoms with E-state index in [1.165, 1.54) is 0 Å². The molecule has 4 heteroatoms. The summed E-state index contributed by atoms with van der Waals surface area (Å²) in [6.45, 7) is 6.67. The second-order valence-electron chi connectivity index (χ2n) is 2.36. The topological polar surface area (TPSA) is 49.9 Å². The van der Waals surface area contributed by atoms with Gasteiger partial charge in [0, 0.05) is 6.54 Å². The van der Waals surface area contributed by atoms with Gasteiger partial charge in [-0.1, -0.05) is 13.8 Å². The first-order valence-corrected chi connectivity index (χ1v) is 4.52. The average Bonchev–Trinajstić information content (AvgIpc) is 2.51. The SMILES string of the molecule is CC.CNCc1n[nH]c(C)c1OC. The minimum absolute atomic E-state index is 0.730. The maximum absolute atomic E-state index is 5.13. The van der Waals surface area contributed by atoms with E-state index >= 15 is 0 Å². The van der Waals surface area contributed by atoms with Crippen molar-refractivity contribution in [2.45, 2.75) is 27.3 Å². The molecule has 0 aliphatic carbocycles. The molecule has 0 saturated heterocycles. The fourth-order valence-electron chi connectivity index (χ4n) is 1.03. The number of nitrogens with one attached hydrogen (secondary N) is 2. The maximum Gasteiger partial charge on any atom is 0.163 e. The Morgan fingerprint density at radius 3 is 2.54 bits per heavy atom. The van der Waals surface area contributed by atoms with Gasteiger partial charge < -0.3 is 10.1 Å². The zero-order chi connectivity index (χ0) is 10.3. The van der Waals surface area contributed by atoms with Crippen LogP contribution in [-0.2, 0) is 6.54 Å². The summed E-state index contributed by atoms with van der Waals surface area (Å²) in [4.78, 5) is 0. The maximum atomic E-state index is 5.13. The molecule has 4 nitrogen and oxygen atoms in total. The fraction of sp³-hybridized carbons (Fsp3) is 0.667. The van der Waals surface area contributed by atoms with Crippen molar-refractivity contribution in [1.29, 1.82) is 0 Å². The Morgan fingerprint density at radius 2 is 2.08 bits per heavy atom. The second kappa shape index (κ2) is 6.48. The molecule has 0 bridgehead atoms. The van der Waals surface area contributed by atoms with E-state index in [-0.39, 0.29) is 0 Å². The standard InChI is InChI=1S/C7H13N3O.C2H6/c1-5-7(11-3)6(4-8-2)10-9-5;1-2/h8H,4H2,1-3H3,(H,9,10);1-2H3. The summed E-state index contributed by atoms with van der Waals surface area (Å²) in [5.74, 6) is 0.847. The largest absolute Gasteiger partial charge is 0.493 e. The van der Waals surface area contributed by atoms with Gasteiger partial charge >= 0.3 is 0 Å². The van der Waals surface area contributed by atoms with Crippen molar-refractivity contribution in [2.75, 3.05) is 14.2 Å². The molecule has 76 valence electrons. The third kappa shape index (κ3) is 3.06. The number of H-pyrrole nitrogens is 1. The first-order valence-electron chi connectivity index (χ1n) is 4.52. The molecule has 13 heavy (non-hydrogen) atoms. The Labute approximate surface area is 79.7 Å². The Kier molecular flexibility index (Phi) is 5.97. The lowest BCUT2D eigenvalue weighted by molar-refractivity contribution is 0.405. The molecule has 0 fully saturated rings. The van der Waals surface area contributed by atoms with Crippen molar-refractivity contribution < 1.29 is 4.74 Å². The summed E-state index contributed by atoms with van der Waals surface area (Å²) in [5, 5.41) is 9.93. The van der Waals surface area contributed by atoms with Gasteiger partial charge in [-0.2, -0.15) is 5.10 Å². The van der Waals surface area contributed by atoms with Gasteiger partial charge in [-0.3, -0.25) is 5.10 Å². The van der Waals surface area contributed by atoms with Gasteiger partial charge in [0.1, 0.15) is 5.69 Å². The van der Waals surface area contributed by atoms with Crippen LogP contribution >= 0.6 is 0 Å². The number of rotatable bonds is 3. The molecular weight excluding hydrogens is 166 g/mol. The van der Waals surface area contributed by atoms with E-state index in [2.05, 4.69) is 15.5 Å². The smallest absolute Gasteiger partial charge is 0.163 e. The van der Waals surface area contributed by atoms with Crippen LogP contribution in [0.1, 0.15) is 25.2 Å². The van der Waals surface area contributed by atoms with Crippen LogP contribution in [0, 0.1) is 6.92 Å². The Hall–Kier alpha value is -1.03. The van der Waals surface area contributed by atoms with E-state index in [0.717, 1.165) is 23.7 Å². The molecule has 0 radical (unpaired) electrons. The predicted molar refractivity (Wildman–Crippen MR) is 54.0 cm³/mol. The average molecular weight is 185 g/mol. The van der Waals surface area contributed by atoms with E-state index in [9.17, 15) is 0 Å². The molecule has 0 amide bonds. The summed E-state index contributed by atoms with van der Waals surface area (Å²) in [5.41, 5.74) is 1.89. The highest BCUT2D eigenvalue weighted by molar-refractivity contribution is 5.31. The zero-order valence-electron chi connectivity index (χ0n) is 9.06. The van der Waals surface area contributed by atoms with E-state index in [1.54, 1.807) is 7.11 Å². The number of hydrogen-bond donors (Lipinski definition) is 2. The normalized spacial score (nSPS) is 9.00. The molecule has 1 aromatic heterocycles. The Balaban J connectivity index is 0.000000671. The van der Waals surface area contributed by atoms with Crippen LogP contribution in [0.3, 0.4) is 0 Å². The van der Waals surface area contributed by atoms with Gasteiger partial charge in [0.05, 0.1) is 12.8 Å². The van der Waals surface area contributed by atoms with Crippen molar-refractivity contribution in [2.24, 2.45) is 0 Å². The minimum Gasteiger partial charge on any atom is -0.493 e. The van der Waals surface area contributed by atoms with Crippen LogP contribution in [0.15, 0.2) is 0 Å². The Morgan fingerprint density at radius 1 is 1.46 bits per heavy atom. The third-order valence-corrected chi connectivity index (χ3v) is 1.51. The van der Waals surface area contributed by atoms with Gasteiger partial charge in [0.15, 0.2) is 5.75 Å². The fourth-order valence-corrected chi connectivity index (χ4v) is 1.03. The molecule has 0 aliphatic heterocycles. The van der Waals surface area contributed by atoms with Crippen LogP contribution in [0.5, 0.6) is 5.75 Å². The van der Waals surface area contributed by atoms with Gasteiger partial charge in [0.25, 0.3) is 0 Å². The number of ether oxygens (including phenoxy) is 1. The number of aromatic nitrogens is 2. The van der Waals surface area contributed by atoms with Gasteiger partial charge in [-0.05, 0) is 14.0 Å². The predicted octanol–water partition coefficient (Wildman–Crippen LogP) is 1.47. The minimum atomic E-state index is 0.730. The number of methoxy groups -OCH3 is 1. The van der Waals surface area contributed by atoms with E-state index in [4.69, 9.17) is 4.74 Å². The first-order chi connectivity index (χ1) is 6.29. The highest BCUT2D eigenvalue weighted by Crippen LogP contribution is 2.18. The number of nitrogens with zero attached hydrogens (tertiary/aromatic N) is 1. The summed E-state index contributed by atoms with van der Waals surface area (Å²) >= 11 is 0. The van der Waals surface area contributed by atoms with Crippen molar-refractivity contribution >= 4 is 0 Å². The molecule has 1 rings (SSSR count). The zero-order valence-corrected chi connectivity index (χ0v) is 9.06. The van der Waals surface area contributed by atoms with Crippen LogP contribution in [0.4, 0.5) is 0 Å². The molecule has 1 heterocycles. The first kappa shape index (κ1) is 12.0. The van der Waals surface area contributed by atoms with Crippen molar-refractivity contribution in [3.05, 3.63) is 11.4 Å². The molecular formula is C9H19N3O. The molecule has 0 aromatic carbocycles. The van der Waals surface area contributed by atoms with Gasteiger partial charge in [0.2, 0.25) is 0 Å². The molecule has 0 aliphatic rings. The lowest BCUT2D eigenvalue weighted by atomic mass is 10.3. The summed E-state index contributed by atoms with van der Waals surface area (Å²) in [6.07, 6.45) is 0. The quantitative estimate of drug-likeness (QED) is 0.749. The molecule has 0 atom stereocenters. The monoisotopic (exact) mass is 185 g/mol. The highest BCUT2D eigenvalue weighted by Gasteiger charge is 2.08. The third-order valence-electron chi connectivity index (χ3n) is 1.51. The molecule has 0 saturated carbocycles. The Bertz CT molecular complexity index is 233. The number of aryl methyl sites for hydroxylation is 1. The highest BCUT2D eigenvalue weighted by atomic mass is 16.5. The number of hydrogen-bond acceptors (Lipinski definition) is 3. The van der Waals surface area contributed by atoms with Crippen LogP contribution in [-0.4, -0.2) is 24.4 Å². The van der Waals surface area contributed by atoms with E-state index in [0.29, 0.717) is 0 Å². The molecule has 0 spiro atoms. The van der Waals surface area contributed by atoms with Crippen molar-refractivity contribution in [3.8, 4) is 5.75 Å². The van der Waals surface area contributed by atoms with E-state index in [1.807, 2.05) is 27.8 Å². The van der Waals surface area contributed by atoms with Gasteiger partial charge in [-0.25, -0.2) is 0 Å². The van der Waals surface area contributed by atoms with Crippen LogP contribution < -0.4 is 10.1 Å². The van der Waals surface area contributed by atoms with Crippen molar-refractivity contribution in [1.82, 2.24) is 15.5 Å². The molecule has 0 unspecified atom stereocenters. The summed E-state index contributed by atoms with van der Waals surface area (Å²) in [7, 11) is 3.53. The summed E-state index contributed by atoms with van der Waals surface area (Å²) in [6, 6.07) is 0. The van der Waals surface area contributed by atoms with E-state index < -0.39 is 0 Å². The molecule has 1 aromatic rings.